The van der Waals surface area contributed by atoms with Crippen LogP contribution in [0.4, 0.5) is 0 Å². The van der Waals surface area contributed by atoms with Crippen molar-refractivity contribution < 1.29 is 4.84 Å². The van der Waals surface area contributed by atoms with Gasteiger partial charge in [-0.15, -0.1) is 0 Å². The molecule has 3 heteroatoms. The van der Waals surface area contributed by atoms with Crippen LogP contribution < -0.4 is 0 Å². The van der Waals surface area contributed by atoms with E-state index in [1.807, 2.05) is 38.1 Å². The first-order chi connectivity index (χ1) is 7.15. The van der Waals surface area contributed by atoms with Crippen molar-refractivity contribution in [1.82, 2.24) is 0 Å². The minimum Gasteiger partial charge on any atom is -0.396 e. The molecular weight excluding hydrogens is 188 g/mol. The molecule has 0 atom stereocenters. The molecule has 15 heavy (non-hydrogen) atoms. The largest absolute Gasteiger partial charge is 0.396 e. The van der Waals surface area contributed by atoms with Gasteiger partial charge in [0, 0.05) is 5.56 Å². The highest BCUT2D eigenvalue weighted by Gasteiger charge is 2.06. The van der Waals surface area contributed by atoms with Gasteiger partial charge >= 0.3 is 0 Å². The maximum atomic E-state index is 7.61. The topological polar surface area (TPSA) is 45.4 Å². The quantitative estimate of drug-likeness (QED) is 0.595. The minimum atomic E-state index is 0.410. The smallest absolute Gasteiger partial charge is 0.130 e. The minimum absolute atomic E-state index is 0.410. The highest BCUT2D eigenvalue weighted by atomic mass is 16.6. The van der Waals surface area contributed by atoms with E-state index in [4.69, 9.17) is 10.2 Å². The van der Waals surface area contributed by atoms with Crippen LogP contribution in [0.5, 0.6) is 0 Å². The molecule has 1 aromatic rings. The van der Waals surface area contributed by atoms with Gasteiger partial charge in [-0.05, 0) is 20.8 Å². The number of rotatable bonds is 4. The molecule has 0 radical (unpaired) electrons. The Morgan fingerprint density at radius 3 is 2.40 bits per heavy atom. The number of aryl methyl sites for hydroxylation is 1. The van der Waals surface area contributed by atoms with Crippen LogP contribution in [0.2, 0.25) is 0 Å². The zero-order valence-corrected chi connectivity index (χ0v) is 9.37. The van der Waals surface area contributed by atoms with Crippen molar-refractivity contribution in [1.29, 1.82) is 5.41 Å². The fourth-order valence-corrected chi connectivity index (χ4v) is 1.18. The number of oxime groups is 1. The Labute approximate surface area is 90.3 Å². The lowest BCUT2D eigenvalue weighted by Crippen LogP contribution is -2.11. The summed E-state index contributed by atoms with van der Waals surface area (Å²) in [6.07, 6.45) is 0. The van der Waals surface area contributed by atoms with Gasteiger partial charge in [0.1, 0.15) is 12.3 Å². The van der Waals surface area contributed by atoms with Gasteiger partial charge in [-0.1, -0.05) is 35.0 Å². The molecule has 0 aliphatic carbocycles. The van der Waals surface area contributed by atoms with Gasteiger partial charge in [0.05, 0.1) is 5.71 Å². The first kappa shape index (κ1) is 11.4. The third kappa shape index (κ3) is 3.20. The van der Waals surface area contributed by atoms with Crippen LogP contribution in [0, 0.1) is 12.3 Å². The van der Waals surface area contributed by atoms with Gasteiger partial charge in [0.15, 0.2) is 0 Å². The van der Waals surface area contributed by atoms with E-state index in [9.17, 15) is 0 Å². The fraction of sp³-hybridized carbons (Fsp3) is 0.333. The highest BCUT2D eigenvalue weighted by molar-refractivity contribution is 6.46. The molecule has 0 unspecified atom stereocenters. The van der Waals surface area contributed by atoms with Crippen molar-refractivity contribution in [3.63, 3.8) is 0 Å². The SMILES string of the molecule is CCO/N=C(/C(C)=N)c1ccc(C)cc1. The molecule has 0 aliphatic rings. The van der Waals surface area contributed by atoms with Gasteiger partial charge in [0.25, 0.3) is 0 Å². The molecule has 0 fully saturated rings. The Hall–Kier alpha value is -1.64. The number of nitrogens with zero attached hydrogens (tertiary/aromatic N) is 1. The number of hydrogen-bond acceptors (Lipinski definition) is 3. The second-order valence-corrected chi connectivity index (χ2v) is 3.35. The summed E-state index contributed by atoms with van der Waals surface area (Å²) in [6, 6.07) is 7.90. The van der Waals surface area contributed by atoms with Crippen molar-refractivity contribution in [2.24, 2.45) is 5.16 Å². The Morgan fingerprint density at radius 1 is 1.33 bits per heavy atom. The van der Waals surface area contributed by atoms with Gasteiger partial charge in [-0.25, -0.2) is 0 Å². The summed E-state index contributed by atoms with van der Waals surface area (Å²) >= 11 is 0. The predicted molar refractivity (Wildman–Crippen MR) is 62.7 cm³/mol. The van der Waals surface area contributed by atoms with E-state index in [0.29, 0.717) is 18.0 Å². The van der Waals surface area contributed by atoms with Crippen molar-refractivity contribution in [2.75, 3.05) is 6.61 Å². The van der Waals surface area contributed by atoms with Crippen molar-refractivity contribution >= 4 is 11.4 Å². The molecule has 1 aromatic carbocycles. The Bertz CT molecular complexity index is 366. The van der Waals surface area contributed by atoms with Crippen LogP contribution in [0.15, 0.2) is 29.4 Å². The van der Waals surface area contributed by atoms with Crippen LogP contribution in [0.3, 0.4) is 0 Å². The maximum Gasteiger partial charge on any atom is 0.130 e. The van der Waals surface area contributed by atoms with Crippen molar-refractivity contribution in [2.45, 2.75) is 20.8 Å². The molecule has 0 heterocycles. The molecule has 0 bridgehead atoms. The van der Waals surface area contributed by atoms with Crippen molar-refractivity contribution in [3.8, 4) is 0 Å². The van der Waals surface area contributed by atoms with Crippen LogP contribution in [-0.4, -0.2) is 18.0 Å². The molecule has 0 amide bonds. The zero-order chi connectivity index (χ0) is 11.3. The fourth-order valence-electron chi connectivity index (χ4n) is 1.18. The lowest BCUT2D eigenvalue weighted by atomic mass is 10.1. The van der Waals surface area contributed by atoms with Crippen molar-refractivity contribution in [3.05, 3.63) is 35.4 Å². The summed E-state index contributed by atoms with van der Waals surface area (Å²) in [5.41, 5.74) is 3.11. The van der Waals surface area contributed by atoms with Gasteiger partial charge in [-0.2, -0.15) is 0 Å². The van der Waals surface area contributed by atoms with Crippen LogP contribution in [-0.2, 0) is 4.84 Å². The van der Waals surface area contributed by atoms with Gasteiger partial charge in [0.2, 0.25) is 0 Å². The molecular formula is C12H16N2O. The van der Waals surface area contributed by atoms with E-state index >= 15 is 0 Å². The third-order valence-corrected chi connectivity index (χ3v) is 1.97. The third-order valence-electron chi connectivity index (χ3n) is 1.97. The first-order valence-corrected chi connectivity index (χ1v) is 4.97. The summed E-state index contributed by atoms with van der Waals surface area (Å²) < 4.78 is 0. The summed E-state index contributed by atoms with van der Waals surface area (Å²) in [5.74, 6) is 0. The Kier molecular flexibility index (Phi) is 4.03. The Balaban J connectivity index is 2.99. The van der Waals surface area contributed by atoms with Gasteiger partial charge in [-0.3, -0.25) is 0 Å². The second kappa shape index (κ2) is 5.29. The molecule has 1 rings (SSSR count). The standard InChI is InChI=1S/C12H16N2O/c1-4-15-14-12(10(3)13)11-7-5-9(2)6-8-11/h5-8,13H,4H2,1-3H3/b13-10?,14-12-. The summed E-state index contributed by atoms with van der Waals surface area (Å²) in [7, 11) is 0. The number of hydrogen-bond donors (Lipinski definition) is 1. The predicted octanol–water partition coefficient (Wildman–Crippen LogP) is 2.78. The second-order valence-electron chi connectivity index (χ2n) is 3.35. The lowest BCUT2D eigenvalue weighted by Gasteiger charge is -2.04. The molecule has 0 saturated heterocycles. The molecule has 0 spiro atoms. The van der Waals surface area contributed by atoms with E-state index in [0.717, 1.165) is 5.56 Å². The van der Waals surface area contributed by atoms with E-state index in [2.05, 4.69) is 5.16 Å². The zero-order valence-electron chi connectivity index (χ0n) is 9.37. The van der Waals surface area contributed by atoms with Crippen LogP contribution in [0.25, 0.3) is 0 Å². The molecule has 0 aliphatic heterocycles. The normalized spacial score (nSPS) is 11.3. The first-order valence-electron chi connectivity index (χ1n) is 4.97. The van der Waals surface area contributed by atoms with E-state index < -0.39 is 0 Å². The van der Waals surface area contributed by atoms with Crippen LogP contribution in [0.1, 0.15) is 25.0 Å². The number of nitrogens with one attached hydrogen (secondary N) is 1. The molecule has 0 saturated carbocycles. The number of benzene rings is 1. The highest BCUT2D eigenvalue weighted by Crippen LogP contribution is 2.06. The average Bonchev–Trinajstić information content (AvgIpc) is 2.21. The molecule has 0 aromatic heterocycles. The van der Waals surface area contributed by atoms with E-state index in [-0.39, 0.29) is 0 Å². The maximum absolute atomic E-state index is 7.61. The molecule has 1 N–H and O–H groups in total. The Morgan fingerprint density at radius 2 is 1.93 bits per heavy atom. The lowest BCUT2D eigenvalue weighted by molar-refractivity contribution is 0.159. The summed E-state index contributed by atoms with van der Waals surface area (Å²) in [4.78, 5) is 4.99. The summed E-state index contributed by atoms with van der Waals surface area (Å²) in [6.45, 7) is 6.12. The summed E-state index contributed by atoms with van der Waals surface area (Å²) in [5, 5.41) is 11.5. The van der Waals surface area contributed by atoms with Crippen LogP contribution >= 0.6 is 0 Å². The van der Waals surface area contributed by atoms with Gasteiger partial charge < -0.3 is 10.2 Å². The van der Waals surface area contributed by atoms with E-state index in [1.165, 1.54) is 5.56 Å². The average molecular weight is 204 g/mol. The molecule has 3 nitrogen and oxygen atoms in total. The molecule has 80 valence electrons. The monoisotopic (exact) mass is 204 g/mol. The van der Waals surface area contributed by atoms with E-state index in [1.54, 1.807) is 6.92 Å².